The van der Waals surface area contributed by atoms with Crippen LogP contribution in [-0.2, 0) is 0 Å². The van der Waals surface area contributed by atoms with Gasteiger partial charge in [-0.25, -0.2) is 0 Å². The Balaban J connectivity index is 2.05. The largest absolute Gasteiger partial charge is 0.328 e. The van der Waals surface area contributed by atoms with Gasteiger partial charge in [0.1, 0.15) is 0 Å². The Kier molecular flexibility index (Phi) is 5.62. The van der Waals surface area contributed by atoms with Gasteiger partial charge in [-0.2, -0.15) is 11.8 Å². The molecule has 3 heteroatoms. The minimum atomic E-state index is 0.466. The second kappa shape index (κ2) is 6.82. The summed E-state index contributed by atoms with van der Waals surface area (Å²) in [7, 11) is 0. The number of thioether (sulfide) groups is 1. The third-order valence-electron chi connectivity index (χ3n) is 5.16. The molecule has 1 unspecified atom stereocenters. The van der Waals surface area contributed by atoms with Gasteiger partial charge in [0.2, 0.25) is 0 Å². The van der Waals surface area contributed by atoms with E-state index in [-0.39, 0.29) is 0 Å². The summed E-state index contributed by atoms with van der Waals surface area (Å²) in [6.07, 6.45) is 7.74. The maximum Gasteiger partial charge on any atom is 0.0240 e. The molecule has 2 nitrogen and oxygen atoms in total. The molecule has 0 bridgehead atoms. The van der Waals surface area contributed by atoms with E-state index in [9.17, 15) is 0 Å². The van der Waals surface area contributed by atoms with Crippen molar-refractivity contribution >= 4 is 11.8 Å². The van der Waals surface area contributed by atoms with Crippen LogP contribution in [0.1, 0.15) is 59.3 Å². The highest BCUT2D eigenvalue weighted by Crippen LogP contribution is 2.39. The van der Waals surface area contributed by atoms with Crippen LogP contribution in [-0.4, -0.2) is 41.1 Å². The van der Waals surface area contributed by atoms with E-state index in [1.54, 1.807) is 0 Å². The summed E-state index contributed by atoms with van der Waals surface area (Å²) in [5.74, 6) is 2.68. The van der Waals surface area contributed by atoms with Gasteiger partial charge in [-0.15, -0.1) is 0 Å². The second-order valence-electron chi connectivity index (χ2n) is 7.14. The van der Waals surface area contributed by atoms with E-state index in [2.05, 4.69) is 37.4 Å². The molecule has 1 saturated heterocycles. The number of rotatable bonds is 4. The van der Waals surface area contributed by atoms with Crippen molar-refractivity contribution in [3.63, 3.8) is 0 Å². The minimum absolute atomic E-state index is 0.466. The molecular weight excluding hydrogens is 252 g/mol. The maximum absolute atomic E-state index is 6.08. The molecule has 0 aromatic carbocycles. The normalized spacial score (nSPS) is 35.5. The highest BCUT2D eigenvalue weighted by molar-refractivity contribution is 7.99. The number of hydrogen-bond acceptors (Lipinski definition) is 3. The summed E-state index contributed by atoms with van der Waals surface area (Å²) in [5.41, 5.74) is 6.57. The van der Waals surface area contributed by atoms with Gasteiger partial charge in [-0.3, -0.25) is 4.90 Å². The van der Waals surface area contributed by atoms with E-state index >= 15 is 0 Å². The van der Waals surface area contributed by atoms with Crippen LogP contribution in [0.4, 0.5) is 0 Å². The summed E-state index contributed by atoms with van der Waals surface area (Å²) in [6, 6.07) is 2.03. The average molecular weight is 285 g/mol. The highest BCUT2D eigenvalue weighted by atomic mass is 32.2. The third-order valence-corrected chi connectivity index (χ3v) is 6.21. The van der Waals surface area contributed by atoms with Crippen LogP contribution in [0.15, 0.2) is 0 Å². The van der Waals surface area contributed by atoms with Crippen molar-refractivity contribution in [2.75, 3.05) is 18.1 Å². The lowest BCUT2D eigenvalue weighted by atomic mass is 9.79. The second-order valence-corrected chi connectivity index (χ2v) is 8.29. The Morgan fingerprint density at radius 2 is 1.89 bits per heavy atom. The Morgan fingerprint density at radius 3 is 2.47 bits per heavy atom. The van der Waals surface area contributed by atoms with Crippen molar-refractivity contribution in [1.29, 1.82) is 0 Å². The van der Waals surface area contributed by atoms with Crippen molar-refractivity contribution in [1.82, 2.24) is 4.90 Å². The first-order chi connectivity index (χ1) is 9.04. The molecule has 1 atom stereocenters. The summed E-state index contributed by atoms with van der Waals surface area (Å²) >= 11 is 2.16. The molecule has 0 aromatic heterocycles. The number of nitrogens with two attached hydrogens (primary N) is 1. The van der Waals surface area contributed by atoms with Crippen LogP contribution in [0, 0.1) is 5.41 Å². The molecule has 0 spiro atoms. The van der Waals surface area contributed by atoms with Crippen molar-refractivity contribution in [2.45, 2.75) is 77.4 Å². The fraction of sp³-hybridized carbons (Fsp3) is 1.00. The molecule has 0 aromatic rings. The van der Waals surface area contributed by atoms with Crippen molar-refractivity contribution in [2.24, 2.45) is 11.1 Å². The van der Waals surface area contributed by atoms with Crippen LogP contribution < -0.4 is 5.73 Å². The van der Waals surface area contributed by atoms with Gasteiger partial charge >= 0.3 is 0 Å². The molecule has 2 rings (SSSR count). The molecular formula is C16H32N2S. The molecule has 1 aliphatic carbocycles. The fourth-order valence-electron chi connectivity index (χ4n) is 3.75. The summed E-state index contributed by atoms with van der Waals surface area (Å²) in [5, 5.41) is 0. The Morgan fingerprint density at radius 1 is 1.21 bits per heavy atom. The van der Waals surface area contributed by atoms with Crippen LogP contribution in [0.2, 0.25) is 0 Å². The lowest BCUT2D eigenvalue weighted by molar-refractivity contribution is 0.0401. The first-order valence-corrected chi connectivity index (χ1v) is 9.29. The smallest absolute Gasteiger partial charge is 0.0240 e. The van der Waals surface area contributed by atoms with Gasteiger partial charge in [0.25, 0.3) is 0 Å². The number of hydrogen-bond donors (Lipinski definition) is 1. The predicted molar refractivity (Wildman–Crippen MR) is 86.7 cm³/mol. The van der Waals surface area contributed by atoms with Crippen LogP contribution in [0.5, 0.6) is 0 Å². The quantitative estimate of drug-likeness (QED) is 0.857. The van der Waals surface area contributed by atoms with E-state index in [1.807, 2.05) is 0 Å². The van der Waals surface area contributed by atoms with Crippen LogP contribution >= 0.6 is 11.8 Å². The van der Waals surface area contributed by atoms with Crippen LogP contribution in [0.3, 0.4) is 0 Å². The molecule has 19 heavy (non-hydrogen) atoms. The molecule has 2 N–H and O–H groups in total. The van der Waals surface area contributed by atoms with Crippen LogP contribution in [0.25, 0.3) is 0 Å². The van der Waals surface area contributed by atoms with E-state index in [0.717, 1.165) is 12.1 Å². The zero-order valence-corrected chi connectivity index (χ0v) is 13.8. The van der Waals surface area contributed by atoms with Gasteiger partial charge < -0.3 is 5.73 Å². The molecule has 2 aliphatic rings. The molecule has 1 heterocycles. The SMILES string of the molecule is CCCN(C1CCC(N)CC1)C1CSCCC1(C)C. The van der Waals surface area contributed by atoms with E-state index in [4.69, 9.17) is 5.73 Å². The lowest BCUT2D eigenvalue weighted by Gasteiger charge is -2.49. The van der Waals surface area contributed by atoms with Gasteiger partial charge in [0.05, 0.1) is 0 Å². The molecule has 1 aliphatic heterocycles. The Hall–Kier alpha value is 0.270. The average Bonchev–Trinajstić information content (AvgIpc) is 2.37. The predicted octanol–water partition coefficient (Wildman–Crippen LogP) is 3.50. The molecule has 112 valence electrons. The van der Waals surface area contributed by atoms with E-state index in [0.29, 0.717) is 11.5 Å². The Labute approximate surface area is 123 Å². The fourth-order valence-corrected chi connectivity index (χ4v) is 5.45. The zero-order chi connectivity index (χ0) is 13.9. The molecule has 1 saturated carbocycles. The maximum atomic E-state index is 6.08. The van der Waals surface area contributed by atoms with E-state index in [1.165, 1.54) is 56.6 Å². The standard InChI is InChI=1S/C16H32N2S/c1-4-10-18(14-7-5-13(17)6-8-14)15-12-19-11-9-16(15,2)3/h13-15H,4-12,17H2,1-3H3. The minimum Gasteiger partial charge on any atom is -0.328 e. The molecule has 2 fully saturated rings. The van der Waals surface area contributed by atoms with E-state index < -0.39 is 0 Å². The monoisotopic (exact) mass is 284 g/mol. The van der Waals surface area contributed by atoms with Gasteiger partial charge in [-0.1, -0.05) is 20.8 Å². The summed E-state index contributed by atoms with van der Waals surface area (Å²) in [4.78, 5) is 2.86. The van der Waals surface area contributed by atoms with Crippen molar-refractivity contribution in [3.05, 3.63) is 0 Å². The van der Waals surface area contributed by atoms with Gasteiger partial charge in [0, 0.05) is 23.9 Å². The topological polar surface area (TPSA) is 29.3 Å². The lowest BCUT2D eigenvalue weighted by Crippen LogP contribution is -2.54. The summed E-state index contributed by atoms with van der Waals surface area (Å²) in [6.45, 7) is 8.56. The van der Waals surface area contributed by atoms with Gasteiger partial charge in [-0.05, 0) is 56.2 Å². The first kappa shape index (κ1) is 15.7. The zero-order valence-electron chi connectivity index (χ0n) is 13.0. The Bertz CT molecular complexity index is 272. The summed E-state index contributed by atoms with van der Waals surface area (Å²) < 4.78 is 0. The van der Waals surface area contributed by atoms with Crippen molar-refractivity contribution < 1.29 is 0 Å². The number of nitrogens with zero attached hydrogens (tertiary/aromatic N) is 1. The van der Waals surface area contributed by atoms with Gasteiger partial charge in [0.15, 0.2) is 0 Å². The van der Waals surface area contributed by atoms with Crippen molar-refractivity contribution in [3.8, 4) is 0 Å². The molecule has 0 radical (unpaired) electrons. The highest BCUT2D eigenvalue weighted by Gasteiger charge is 2.39. The molecule has 0 amide bonds. The first-order valence-electron chi connectivity index (χ1n) is 8.13. The third kappa shape index (κ3) is 3.89.